The Kier molecular flexibility index (Phi) is 2.44. The molecule has 2 nitrogen and oxygen atoms in total. The minimum absolute atomic E-state index is 0.311. The second-order valence-electron chi connectivity index (χ2n) is 3.50. The molecule has 1 aliphatic rings. The molecular weight excluding hydrogens is 176 g/mol. The van der Waals surface area contributed by atoms with Crippen molar-refractivity contribution in [3.05, 3.63) is 35.9 Å². The van der Waals surface area contributed by atoms with Crippen LogP contribution in [0.25, 0.3) is 0 Å². The summed E-state index contributed by atoms with van der Waals surface area (Å²) >= 11 is 0. The first-order chi connectivity index (χ1) is 6.83. The molecule has 0 amide bonds. The fourth-order valence-electron chi connectivity index (χ4n) is 1.82. The van der Waals surface area contributed by atoms with Crippen LogP contribution in [0.2, 0.25) is 0 Å². The molecule has 1 aliphatic heterocycles. The molecule has 0 spiro atoms. The molecule has 0 atom stereocenters. The van der Waals surface area contributed by atoms with Crippen molar-refractivity contribution in [2.45, 2.75) is 19.3 Å². The molecule has 1 N–H and O–H groups in total. The van der Waals surface area contributed by atoms with Gasteiger partial charge in [-0.25, -0.2) is 0 Å². The molecule has 0 bridgehead atoms. The van der Waals surface area contributed by atoms with Crippen molar-refractivity contribution >= 4 is 0 Å². The molecule has 0 aliphatic carbocycles. The lowest BCUT2D eigenvalue weighted by atomic mass is 10.00. The zero-order chi connectivity index (χ0) is 9.97. The predicted octanol–water partition coefficient (Wildman–Crippen LogP) is 2.45. The fraction of sp³-hybridized carbons (Fsp3) is 0.333. The van der Waals surface area contributed by atoms with Crippen LogP contribution >= 0.6 is 0 Å². The Morgan fingerprint density at radius 1 is 1.50 bits per heavy atom. The molecule has 14 heavy (non-hydrogen) atoms. The molecule has 0 aromatic heterocycles. The van der Waals surface area contributed by atoms with E-state index in [4.69, 9.17) is 4.74 Å². The van der Waals surface area contributed by atoms with Crippen molar-refractivity contribution in [2.75, 3.05) is 6.61 Å². The van der Waals surface area contributed by atoms with Crippen LogP contribution in [0.4, 0.5) is 0 Å². The van der Waals surface area contributed by atoms with Gasteiger partial charge >= 0.3 is 0 Å². The Balaban J connectivity index is 2.48. The highest BCUT2D eigenvalue weighted by atomic mass is 16.5. The van der Waals surface area contributed by atoms with Crippen molar-refractivity contribution in [3.8, 4) is 11.5 Å². The Morgan fingerprint density at radius 3 is 3.14 bits per heavy atom. The summed E-state index contributed by atoms with van der Waals surface area (Å²) in [6, 6.07) is 3.68. The highest BCUT2D eigenvalue weighted by molar-refractivity contribution is 5.51. The molecule has 0 unspecified atom stereocenters. The SMILES string of the molecule is C=CCc1c(O)ccc2c1OCCC2. The van der Waals surface area contributed by atoms with Crippen LogP contribution in [0.1, 0.15) is 17.5 Å². The molecule has 1 aromatic rings. The van der Waals surface area contributed by atoms with Gasteiger partial charge in [-0.15, -0.1) is 6.58 Å². The summed E-state index contributed by atoms with van der Waals surface area (Å²) in [6.07, 6.45) is 4.55. The Labute approximate surface area is 83.8 Å². The largest absolute Gasteiger partial charge is 0.508 e. The normalized spacial score (nSPS) is 14.3. The lowest BCUT2D eigenvalue weighted by molar-refractivity contribution is 0.283. The molecule has 0 radical (unpaired) electrons. The quantitative estimate of drug-likeness (QED) is 0.726. The zero-order valence-corrected chi connectivity index (χ0v) is 8.12. The monoisotopic (exact) mass is 190 g/mol. The number of phenolic OH excluding ortho intramolecular Hbond substituents is 1. The lowest BCUT2D eigenvalue weighted by Gasteiger charge is -2.20. The van der Waals surface area contributed by atoms with Crippen molar-refractivity contribution in [2.24, 2.45) is 0 Å². The third kappa shape index (κ3) is 1.48. The molecule has 74 valence electrons. The summed E-state index contributed by atoms with van der Waals surface area (Å²) in [5.74, 6) is 1.18. The van der Waals surface area contributed by atoms with Gasteiger partial charge in [-0.3, -0.25) is 0 Å². The number of rotatable bonds is 2. The Morgan fingerprint density at radius 2 is 2.36 bits per heavy atom. The first-order valence-corrected chi connectivity index (χ1v) is 4.90. The highest BCUT2D eigenvalue weighted by Gasteiger charge is 2.16. The predicted molar refractivity (Wildman–Crippen MR) is 55.8 cm³/mol. The molecule has 0 saturated carbocycles. The molecule has 2 heteroatoms. The second-order valence-corrected chi connectivity index (χ2v) is 3.50. The topological polar surface area (TPSA) is 29.5 Å². The number of aryl methyl sites for hydroxylation is 1. The summed E-state index contributed by atoms with van der Waals surface area (Å²) in [5.41, 5.74) is 2.07. The minimum atomic E-state index is 0.311. The van der Waals surface area contributed by atoms with E-state index in [2.05, 4.69) is 6.58 Å². The molecule has 0 fully saturated rings. The summed E-state index contributed by atoms with van der Waals surface area (Å²) in [4.78, 5) is 0. The van der Waals surface area contributed by atoms with Gasteiger partial charge in [0.2, 0.25) is 0 Å². The number of phenols is 1. The number of benzene rings is 1. The summed E-state index contributed by atoms with van der Waals surface area (Å²) in [6.45, 7) is 4.43. The number of aromatic hydroxyl groups is 1. The van der Waals surface area contributed by atoms with E-state index in [9.17, 15) is 5.11 Å². The third-order valence-electron chi connectivity index (χ3n) is 2.50. The maximum Gasteiger partial charge on any atom is 0.129 e. The average Bonchev–Trinajstić information content (AvgIpc) is 2.23. The van der Waals surface area contributed by atoms with Crippen LogP contribution in [0.5, 0.6) is 11.5 Å². The van der Waals surface area contributed by atoms with E-state index >= 15 is 0 Å². The maximum absolute atomic E-state index is 9.67. The highest BCUT2D eigenvalue weighted by Crippen LogP contribution is 2.35. The van der Waals surface area contributed by atoms with Gasteiger partial charge < -0.3 is 9.84 Å². The van der Waals surface area contributed by atoms with Crippen LogP contribution < -0.4 is 4.74 Å². The van der Waals surface area contributed by atoms with E-state index in [0.29, 0.717) is 12.2 Å². The Hall–Kier alpha value is -1.44. The van der Waals surface area contributed by atoms with Crippen LogP contribution in [-0.2, 0) is 12.8 Å². The van der Waals surface area contributed by atoms with E-state index in [1.54, 1.807) is 12.1 Å². The second kappa shape index (κ2) is 3.74. The molecule has 2 rings (SSSR count). The zero-order valence-electron chi connectivity index (χ0n) is 8.12. The molecular formula is C12H14O2. The van der Waals surface area contributed by atoms with Crippen molar-refractivity contribution in [1.82, 2.24) is 0 Å². The first-order valence-electron chi connectivity index (χ1n) is 4.90. The van der Waals surface area contributed by atoms with Crippen molar-refractivity contribution in [3.63, 3.8) is 0 Å². The van der Waals surface area contributed by atoms with Crippen molar-refractivity contribution < 1.29 is 9.84 Å². The number of ether oxygens (including phenoxy) is 1. The lowest BCUT2D eigenvalue weighted by Crippen LogP contribution is -2.10. The van der Waals surface area contributed by atoms with E-state index in [1.807, 2.05) is 6.07 Å². The van der Waals surface area contributed by atoms with Gasteiger partial charge in [0.15, 0.2) is 0 Å². The molecule has 0 saturated heterocycles. The number of hydrogen-bond donors (Lipinski definition) is 1. The van der Waals surface area contributed by atoms with E-state index in [-0.39, 0.29) is 0 Å². The maximum atomic E-state index is 9.67. The Bertz CT molecular complexity index is 356. The fourth-order valence-corrected chi connectivity index (χ4v) is 1.82. The van der Waals surface area contributed by atoms with E-state index in [0.717, 1.165) is 30.8 Å². The van der Waals surface area contributed by atoms with E-state index < -0.39 is 0 Å². The number of allylic oxidation sites excluding steroid dienone is 1. The van der Waals surface area contributed by atoms with Crippen LogP contribution in [0.3, 0.4) is 0 Å². The van der Waals surface area contributed by atoms with Gasteiger partial charge in [0.25, 0.3) is 0 Å². The van der Waals surface area contributed by atoms with Gasteiger partial charge in [0.05, 0.1) is 6.61 Å². The number of hydrogen-bond acceptors (Lipinski definition) is 2. The smallest absolute Gasteiger partial charge is 0.129 e. The summed E-state index contributed by atoms with van der Waals surface area (Å²) < 4.78 is 5.58. The first kappa shape index (κ1) is 9.13. The van der Waals surface area contributed by atoms with Crippen molar-refractivity contribution in [1.29, 1.82) is 0 Å². The third-order valence-corrected chi connectivity index (χ3v) is 2.50. The van der Waals surface area contributed by atoms with Gasteiger partial charge in [-0.05, 0) is 30.9 Å². The molecule has 1 aromatic carbocycles. The van der Waals surface area contributed by atoms with Gasteiger partial charge in [-0.2, -0.15) is 0 Å². The standard InChI is InChI=1S/C12H14O2/c1-2-4-10-11(13)7-6-9-5-3-8-14-12(9)10/h2,6-7,13H,1,3-5,8H2. The van der Waals surface area contributed by atoms with Gasteiger partial charge in [-0.1, -0.05) is 12.1 Å². The van der Waals surface area contributed by atoms with Gasteiger partial charge in [0, 0.05) is 5.56 Å². The molecule has 1 heterocycles. The number of fused-ring (bicyclic) bond motifs is 1. The minimum Gasteiger partial charge on any atom is -0.508 e. The van der Waals surface area contributed by atoms with E-state index in [1.165, 1.54) is 5.56 Å². The summed E-state index contributed by atoms with van der Waals surface area (Å²) in [7, 11) is 0. The van der Waals surface area contributed by atoms with Crippen LogP contribution in [-0.4, -0.2) is 11.7 Å². The summed E-state index contributed by atoms with van der Waals surface area (Å²) in [5, 5.41) is 9.67. The van der Waals surface area contributed by atoms with Crippen LogP contribution in [0.15, 0.2) is 24.8 Å². The van der Waals surface area contributed by atoms with Crippen LogP contribution in [0, 0.1) is 0 Å². The van der Waals surface area contributed by atoms with Gasteiger partial charge in [0.1, 0.15) is 11.5 Å². The average molecular weight is 190 g/mol.